The fourth-order valence-electron chi connectivity index (χ4n) is 1.27. The number of alkyl carbamates (subject to hydrolysis) is 1. The van der Waals surface area contributed by atoms with E-state index in [0.29, 0.717) is 0 Å². The monoisotopic (exact) mass is 333 g/mol. The lowest BCUT2D eigenvalue weighted by molar-refractivity contribution is -0.144. The van der Waals surface area contributed by atoms with Crippen molar-refractivity contribution in [2.75, 3.05) is 13.7 Å². The maximum Gasteiger partial charge on any atom is 0.408 e. The first-order valence-electron chi connectivity index (χ1n) is 7.41. The smallest absolute Gasteiger partial charge is 0.408 e. The molecule has 130 valence electrons. The highest BCUT2D eigenvalue weighted by atomic mass is 28.4. The number of rotatable bonds is 5. The molecule has 0 aromatic carbocycles. The lowest BCUT2D eigenvalue weighted by Crippen LogP contribution is -2.50. The minimum Gasteiger partial charge on any atom is -0.467 e. The Labute approximate surface area is 135 Å². The van der Waals surface area contributed by atoms with E-state index in [1.165, 1.54) is 7.11 Å². The predicted molar refractivity (Wildman–Crippen MR) is 88.3 cm³/mol. The molecular weight excluding hydrogens is 302 g/mol. The molecule has 0 aliphatic heterocycles. The summed E-state index contributed by atoms with van der Waals surface area (Å²) in [6.45, 7) is 15.8. The Bertz CT molecular complexity index is 396. The molecule has 22 heavy (non-hydrogen) atoms. The third-order valence-corrected chi connectivity index (χ3v) is 8.09. The zero-order valence-corrected chi connectivity index (χ0v) is 16.3. The van der Waals surface area contributed by atoms with E-state index >= 15 is 0 Å². The van der Waals surface area contributed by atoms with Crippen LogP contribution in [0.3, 0.4) is 0 Å². The molecule has 0 aliphatic carbocycles. The van der Waals surface area contributed by atoms with E-state index in [1.54, 1.807) is 20.8 Å². The minimum atomic E-state index is -2.02. The molecular formula is C15H31NO5Si. The van der Waals surface area contributed by atoms with Crippen LogP contribution >= 0.6 is 0 Å². The lowest BCUT2D eigenvalue weighted by atomic mass is 10.2. The molecule has 0 aliphatic rings. The Hall–Kier alpha value is -1.08. The van der Waals surface area contributed by atoms with E-state index in [2.05, 4.69) is 39.2 Å². The van der Waals surface area contributed by atoms with Gasteiger partial charge in [0.1, 0.15) is 5.60 Å². The van der Waals surface area contributed by atoms with Crippen molar-refractivity contribution in [3.63, 3.8) is 0 Å². The number of esters is 1. The van der Waals surface area contributed by atoms with Crippen molar-refractivity contribution < 1.29 is 23.5 Å². The molecule has 1 amide bonds. The van der Waals surface area contributed by atoms with E-state index in [9.17, 15) is 9.59 Å². The van der Waals surface area contributed by atoms with Crippen molar-refractivity contribution in [3.05, 3.63) is 0 Å². The first kappa shape index (κ1) is 20.9. The highest BCUT2D eigenvalue weighted by molar-refractivity contribution is 6.74. The van der Waals surface area contributed by atoms with Gasteiger partial charge < -0.3 is 19.2 Å². The largest absolute Gasteiger partial charge is 0.467 e. The van der Waals surface area contributed by atoms with Gasteiger partial charge in [0.2, 0.25) is 0 Å². The third-order valence-electron chi connectivity index (χ3n) is 3.59. The molecule has 6 nitrogen and oxygen atoms in total. The summed E-state index contributed by atoms with van der Waals surface area (Å²) in [6.07, 6.45) is -0.665. The van der Waals surface area contributed by atoms with Gasteiger partial charge >= 0.3 is 12.1 Å². The molecule has 0 aromatic heterocycles. The van der Waals surface area contributed by atoms with Gasteiger partial charge in [-0.2, -0.15) is 0 Å². The Balaban J connectivity index is 4.82. The van der Waals surface area contributed by atoms with Gasteiger partial charge in [-0.05, 0) is 38.9 Å². The summed E-state index contributed by atoms with van der Waals surface area (Å²) in [5.74, 6) is -0.551. The minimum absolute atomic E-state index is 0.0135. The Morgan fingerprint density at radius 3 is 1.95 bits per heavy atom. The van der Waals surface area contributed by atoms with Gasteiger partial charge in [0.05, 0.1) is 13.7 Å². The number of carbonyl (C=O) groups excluding carboxylic acids is 2. The highest BCUT2D eigenvalue weighted by Crippen LogP contribution is 2.36. The van der Waals surface area contributed by atoms with E-state index < -0.39 is 32.0 Å². The van der Waals surface area contributed by atoms with Gasteiger partial charge in [0, 0.05) is 0 Å². The quantitative estimate of drug-likeness (QED) is 0.618. The molecule has 1 unspecified atom stereocenters. The number of hydrogen-bond acceptors (Lipinski definition) is 5. The summed E-state index contributed by atoms with van der Waals surface area (Å²) in [6, 6.07) is -0.881. The van der Waals surface area contributed by atoms with Gasteiger partial charge in [-0.1, -0.05) is 20.8 Å². The van der Waals surface area contributed by atoms with Crippen LogP contribution in [-0.2, 0) is 18.7 Å². The Morgan fingerprint density at radius 2 is 1.59 bits per heavy atom. The normalized spacial score (nSPS) is 14.2. The van der Waals surface area contributed by atoms with Gasteiger partial charge in [0.15, 0.2) is 14.4 Å². The Kier molecular flexibility index (Phi) is 7.09. The van der Waals surface area contributed by atoms with Crippen LogP contribution in [0.15, 0.2) is 0 Å². The number of hydrogen-bond donors (Lipinski definition) is 1. The van der Waals surface area contributed by atoms with E-state index in [1.807, 2.05) is 0 Å². The van der Waals surface area contributed by atoms with Gasteiger partial charge in [-0.25, -0.2) is 9.59 Å². The fourth-order valence-corrected chi connectivity index (χ4v) is 2.29. The SMILES string of the molecule is COC(=O)C(CO[Si](C)(C)C(C)(C)C)NC(=O)OC(C)(C)C. The second-order valence-corrected chi connectivity index (χ2v) is 12.6. The highest BCUT2D eigenvalue weighted by Gasteiger charge is 2.38. The van der Waals surface area contributed by atoms with E-state index in [4.69, 9.17) is 13.9 Å². The van der Waals surface area contributed by atoms with E-state index in [0.717, 1.165) is 0 Å². The molecule has 1 N–H and O–H groups in total. The maximum absolute atomic E-state index is 11.8. The molecule has 0 heterocycles. The summed E-state index contributed by atoms with van der Waals surface area (Å²) < 4.78 is 15.9. The molecule has 0 spiro atoms. The average molecular weight is 334 g/mol. The molecule has 0 rings (SSSR count). The fraction of sp³-hybridized carbons (Fsp3) is 0.867. The van der Waals surface area contributed by atoms with Gasteiger partial charge in [-0.3, -0.25) is 0 Å². The van der Waals surface area contributed by atoms with Crippen molar-refractivity contribution in [1.29, 1.82) is 0 Å². The van der Waals surface area contributed by atoms with Crippen LogP contribution in [0.4, 0.5) is 4.79 Å². The number of methoxy groups -OCH3 is 1. The zero-order chi connectivity index (χ0) is 17.8. The first-order chi connectivity index (χ1) is 9.69. The van der Waals surface area contributed by atoms with Crippen LogP contribution in [-0.4, -0.2) is 45.7 Å². The van der Waals surface area contributed by atoms with Crippen LogP contribution in [0.2, 0.25) is 18.1 Å². The van der Waals surface area contributed by atoms with Crippen LogP contribution in [0.25, 0.3) is 0 Å². The molecule has 0 fully saturated rings. The number of carbonyl (C=O) groups is 2. The molecule has 0 bridgehead atoms. The topological polar surface area (TPSA) is 73.9 Å². The molecule has 0 saturated heterocycles. The number of nitrogens with one attached hydrogen (secondary N) is 1. The predicted octanol–water partition coefficient (Wildman–Crippen LogP) is 3.07. The maximum atomic E-state index is 11.8. The van der Waals surface area contributed by atoms with E-state index in [-0.39, 0.29) is 11.6 Å². The second-order valence-electron chi connectivity index (χ2n) is 7.79. The molecule has 1 atom stereocenters. The third kappa shape index (κ3) is 7.26. The first-order valence-corrected chi connectivity index (χ1v) is 10.3. The van der Waals surface area contributed by atoms with Crippen molar-refractivity contribution in [2.24, 2.45) is 0 Å². The molecule has 0 radical (unpaired) electrons. The average Bonchev–Trinajstić information content (AvgIpc) is 2.29. The van der Waals surface area contributed by atoms with Crippen molar-refractivity contribution >= 4 is 20.4 Å². The molecule has 0 saturated carbocycles. The van der Waals surface area contributed by atoms with Crippen LogP contribution in [0.1, 0.15) is 41.5 Å². The molecule has 0 aromatic rings. The summed E-state index contributed by atoms with van der Waals surface area (Å²) in [7, 11) is -0.748. The summed E-state index contributed by atoms with van der Waals surface area (Å²) in [5.41, 5.74) is -0.634. The van der Waals surface area contributed by atoms with Crippen LogP contribution in [0, 0.1) is 0 Å². The number of ether oxygens (including phenoxy) is 2. The zero-order valence-electron chi connectivity index (χ0n) is 15.3. The van der Waals surface area contributed by atoms with Gasteiger partial charge in [0.25, 0.3) is 0 Å². The van der Waals surface area contributed by atoms with Crippen molar-refractivity contribution in [2.45, 2.75) is 71.3 Å². The van der Waals surface area contributed by atoms with Crippen molar-refractivity contribution in [1.82, 2.24) is 5.32 Å². The summed E-state index contributed by atoms with van der Waals surface area (Å²) in [5, 5.41) is 2.52. The van der Waals surface area contributed by atoms with Gasteiger partial charge in [-0.15, -0.1) is 0 Å². The van der Waals surface area contributed by atoms with Crippen LogP contribution < -0.4 is 5.32 Å². The second kappa shape index (κ2) is 7.46. The van der Waals surface area contributed by atoms with Crippen molar-refractivity contribution in [3.8, 4) is 0 Å². The Morgan fingerprint density at radius 1 is 1.09 bits per heavy atom. The standard InChI is InChI=1S/C15H31NO5Si/c1-14(2,3)21-13(18)16-11(12(17)19-7)10-20-22(8,9)15(4,5)6/h11H,10H2,1-9H3,(H,16,18). The lowest BCUT2D eigenvalue weighted by Gasteiger charge is -2.37. The number of amides is 1. The molecule has 7 heteroatoms. The van der Waals surface area contributed by atoms with Crippen LogP contribution in [0.5, 0.6) is 0 Å². The summed E-state index contributed by atoms with van der Waals surface area (Å²) >= 11 is 0. The summed E-state index contributed by atoms with van der Waals surface area (Å²) in [4.78, 5) is 23.6.